The van der Waals surface area contributed by atoms with Gasteiger partial charge in [-0.25, -0.2) is 0 Å². The number of anilines is 1. The summed E-state index contributed by atoms with van der Waals surface area (Å²) in [5.74, 6) is 0. The van der Waals surface area contributed by atoms with Crippen LogP contribution in [0.15, 0.2) is 48.2 Å². The number of aryl methyl sites for hydroxylation is 1. The molecule has 0 unspecified atom stereocenters. The number of hydrogen-bond acceptors (Lipinski definition) is 5. The summed E-state index contributed by atoms with van der Waals surface area (Å²) in [6.07, 6.45) is 4.72. The van der Waals surface area contributed by atoms with Crippen molar-refractivity contribution in [1.82, 2.24) is 15.0 Å². The summed E-state index contributed by atoms with van der Waals surface area (Å²) >= 11 is 6.26. The lowest BCUT2D eigenvalue weighted by Crippen LogP contribution is -1.98. The van der Waals surface area contributed by atoms with Crippen LogP contribution in [0.2, 0.25) is 5.02 Å². The van der Waals surface area contributed by atoms with Crippen LogP contribution in [0.1, 0.15) is 25.3 Å². The Morgan fingerprint density at radius 2 is 1.81 bits per heavy atom. The van der Waals surface area contributed by atoms with Crippen molar-refractivity contribution in [2.45, 2.75) is 26.2 Å². The lowest BCUT2D eigenvalue weighted by atomic mass is 10.1. The summed E-state index contributed by atoms with van der Waals surface area (Å²) in [7, 11) is 0. The van der Waals surface area contributed by atoms with Crippen molar-refractivity contribution in [3.63, 3.8) is 0 Å². The number of benzene rings is 2. The van der Waals surface area contributed by atoms with Gasteiger partial charge in [-0.2, -0.15) is 15.3 Å². The van der Waals surface area contributed by atoms with Crippen LogP contribution in [0, 0.1) is 22.7 Å². The molecule has 1 N–H and O–H groups in total. The first kappa shape index (κ1) is 18.4. The maximum Gasteiger partial charge on any atom is 0.145 e. The molecule has 0 amide bonds. The molecular weight excluding hydrogens is 360 g/mol. The van der Waals surface area contributed by atoms with Gasteiger partial charge < -0.3 is 5.32 Å². The minimum atomic E-state index is -0.0435. The van der Waals surface area contributed by atoms with Gasteiger partial charge in [-0.15, -0.1) is 10.2 Å². The predicted molar refractivity (Wildman–Crippen MR) is 105 cm³/mol. The number of nitrogens with one attached hydrogen (secondary N) is 1. The first-order chi connectivity index (χ1) is 13.1. The third-order valence-electron chi connectivity index (χ3n) is 4.07. The molecule has 0 fully saturated rings. The van der Waals surface area contributed by atoms with Crippen LogP contribution in [-0.2, 0) is 6.42 Å². The SMILES string of the molecule is CCCCc1ccc(-n2nc3cc(Cl)c(NC=C(C#N)C#N)cc3n2)cc1. The maximum atomic E-state index is 8.80. The highest BCUT2D eigenvalue weighted by Crippen LogP contribution is 2.27. The molecule has 7 heteroatoms. The molecule has 0 aliphatic carbocycles. The Kier molecular flexibility index (Phi) is 5.71. The molecule has 0 saturated carbocycles. The van der Waals surface area contributed by atoms with E-state index in [1.807, 2.05) is 12.1 Å². The van der Waals surface area contributed by atoms with Crippen molar-refractivity contribution in [2.75, 3.05) is 5.32 Å². The number of fused-ring (bicyclic) bond motifs is 1. The van der Waals surface area contributed by atoms with Gasteiger partial charge in [-0.3, -0.25) is 0 Å². The van der Waals surface area contributed by atoms with Gasteiger partial charge in [-0.1, -0.05) is 37.1 Å². The van der Waals surface area contributed by atoms with E-state index in [9.17, 15) is 0 Å². The number of nitriles is 2. The fourth-order valence-electron chi connectivity index (χ4n) is 2.58. The zero-order chi connectivity index (χ0) is 19.2. The lowest BCUT2D eigenvalue weighted by Gasteiger charge is -2.02. The molecule has 6 nitrogen and oxygen atoms in total. The molecule has 0 saturated heterocycles. The van der Waals surface area contributed by atoms with E-state index in [-0.39, 0.29) is 5.57 Å². The number of hydrogen-bond donors (Lipinski definition) is 1. The maximum absolute atomic E-state index is 8.80. The third kappa shape index (κ3) is 4.25. The van der Waals surface area contributed by atoms with Crippen molar-refractivity contribution in [1.29, 1.82) is 10.5 Å². The van der Waals surface area contributed by atoms with E-state index in [2.05, 4.69) is 34.6 Å². The van der Waals surface area contributed by atoms with Crippen molar-refractivity contribution in [3.8, 4) is 17.8 Å². The van der Waals surface area contributed by atoms with Gasteiger partial charge in [0.2, 0.25) is 0 Å². The third-order valence-corrected chi connectivity index (χ3v) is 4.38. The Balaban J connectivity index is 1.88. The molecular formula is C20H17ClN6. The van der Waals surface area contributed by atoms with Crippen molar-refractivity contribution in [3.05, 3.63) is 58.8 Å². The fraction of sp³-hybridized carbons (Fsp3) is 0.200. The monoisotopic (exact) mass is 376 g/mol. The molecule has 0 atom stereocenters. The van der Waals surface area contributed by atoms with Crippen LogP contribution in [-0.4, -0.2) is 15.0 Å². The van der Waals surface area contributed by atoms with Crippen LogP contribution in [0.25, 0.3) is 16.7 Å². The quantitative estimate of drug-likeness (QED) is 0.626. The average molecular weight is 377 g/mol. The highest BCUT2D eigenvalue weighted by molar-refractivity contribution is 6.34. The average Bonchev–Trinajstić information content (AvgIpc) is 3.10. The number of allylic oxidation sites excluding steroid dienone is 1. The van der Waals surface area contributed by atoms with Gasteiger partial charge in [0, 0.05) is 6.20 Å². The molecule has 27 heavy (non-hydrogen) atoms. The summed E-state index contributed by atoms with van der Waals surface area (Å²) < 4.78 is 0. The summed E-state index contributed by atoms with van der Waals surface area (Å²) in [6, 6.07) is 15.2. The second-order valence-electron chi connectivity index (χ2n) is 6.01. The molecule has 0 bridgehead atoms. The van der Waals surface area contributed by atoms with Gasteiger partial charge in [0.1, 0.15) is 28.7 Å². The Bertz CT molecular complexity index is 1050. The Hall–Kier alpha value is -3.35. The molecule has 3 aromatic rings. The summed E-state index contributed by atoms with van der Waals surface area (Å²) in [5, 5.41) is 29.9. The summed E-state index contributed by atoms with van der Waals surface area (Å²) in [4.78, 5) is 1.57. The van der Waals surface area contributed by atoms with E-state index in [0.717, 1.165) is 12.1 Å². The zero-order valence-corrected chi connectivity index (χ0v) is 15.5. The number of nitrogens with zero attached hydrogens (tertiary/aromatic N) is 5. The van der Waals surface area contributed by atoms with Crippen LogP contribution in [0.3, 0.4) is 0 Å². The molecule has 1 heterocycles. The topological polar surface area (TPSA) is 90.3 Å². The van der Waals surface area contributed by atoms with Crippen LogP contribution < -0.4 is 5.32 Å². The first-order valence-corrected chi connectivity index (χ1v) is 8.95. The van der Waals surface area contributed by atoms with Gasteiger partial charge >= 0.3 is 0 Å². The molecule has 134 valence electrons. The molecule has 2 aromatic carbocycles. The van der Waals surface area contributed by atoms with E-state index in [0.29, 0.717) is 21.7 Å². The molecule has 0 aliphatic rings. The first-order valence-electron chi connectivity index (χ1n) is 8.57. The number of rotatable bonds is 6. The molecule has 3 rings (SSSR count). The normalized spacial score (nSPS) is 10.2. The number of unbranched alkanes of at least 4 members (excludes halogenated alkanes) is 1. The van der Waals surface area contributed by atoms with Crippen LogP contribution in [0.4, 0.5) is 5.69 Å². The Morgan fingerprint density at radius 3 is 2.44 bits per heavy atom. The molecule has 0 radical (unpaired) electrons. The minimum Gasteiger partial charge on any atom is -0.359 e. The van der Waals surface area contributed by atoms with Crippen molar-refractivity contribution >= 4 is 28.3 Å². The minimum absolute atomic E-state index is 0.0435. The molecule has 0 spiro atoms. The smallest absolute Gasteiger partial charge is 0.145 e. The highest BCUT2D eigenvalue weighted by atomic mass is 35.5. The van der Waals surface area contributed by atoms with Gasteiger partial charge in [-0.05, 0) is 42.7 Å². The van der Waals surface area contributed by atoms with E-state index < -0.39 is 0 Å². The highest BCUT2D eigenvalue weighted by Gasteiger charge is 2.09. The number of aromatic nitrogens is 3. The van der Waals surface area contributed by atoms with Crippen LogP contribution >= 0.6 is 11.6 Å². The lowest BCUT2D eigenvalue weighted by molar-refractivity contribution is 0.762. The standard InChI is InChI=1S/C20H17ClN6/c1-2-3-4-14-5-7-16(8-6-14)27-25-19-9-17(21)18(10-20(19)26-27)24-13-15(11-22)12-23/h5-10,13,24H,2-4H2,1H3. The zero-order valence-electron chi connectivity index (χ0n) is 14.8. The largest absolute Gasteiger partial charge is 0.359 e. The van der Waals surface area contributed by atoms with E-state index in [1.165, 1.54) is 24.6 Å². The second kappa shape index (κ2) is 8.35. The predicted octanol–water partition coefficient (Wildman–Crippen LogP) is 4.76. The van der Waals surface area contributed by atoms with Gasteiger partial charge in [0.05, 0.1) is 16.4 Å². The Labute approximate surface area is 162 Å². The summed E-state index contributed by atoms with van der Waals surface area (Å²) in [6.45, 7) is 2.18. The second-order valence-corrected chi connectivity index (χ2v) is 6.41. The summed E-state index contributed by atoms with van der Waals surface area (Å²) in [5.41, 5.74) is 3.98. The van der Waals surface area contributed by atoms with Gasteiger partial charge in [0.25, 0.3) is 0 Å². The van der Waals surface area contributed by atoms with Crippen molar-refractivity contribution in [2.24, 2.45) is 0 Å². The van der Waals surface area contributed by atoms with E-state index in [1.54, 1.807) is 29.1 Å². The van der Waals surface area contributed by atoms with E-state index >= 15 is 0 Å². The van der Waals surface area contributed by atoms with Crippen molar-refractivity contribution < 1.29 is 0 Å². The fourth-order valence-corrected chi connectivity index (χ4v) is 2.79. The number of halogens is 1. The Morgan fingerprint density at radius 1 is 1.15 bits per heavy atom. The molecule has 0 aliphatic heterocycles. The van der Waals surface area contributed by atoms with E-state index in [4.69, 9.17) is 22.1 Å². The molecule has 1 aromatic heterocycles. The van der Waals surface area contributed by atoms with Crippen LogP contribution in [0.5, 0.6) is 0 Å². The van der Waals surface area contributed by atoms with Gasteiger partial charge in [0.15, 0.2) is 0 Å².